The van der Waals surface area contributed by atoms with Crippen molar-refractivity contribution < 1.29 is 17.8 Å². The van der Waals surface area contributed by atoms with Crippen molar-refractivity contribution in [2.75, 3.05) is 41.0 Å². The van der Waals surface area contributed by atoms with Crippen molar-refractivity contribution in [2.24, 2.45) is 0 Å². The van der Waals surface area contributed by atoms with Gasteiger partial charge < -0.3 is 17.8 Å². The fourth-order valence-electron chi connectivity index (χ4n) is 6.39. The Hall–Kier alpha value is 0.0569. The van der Waals surface area contributed by atoms with Crippen molar-refractivity contribution in [3.63, 3.8) is 0 Å². The van der Waals surface area contributed by atoms with Gasteiger partial charge in [-0.1, -0.05) is 124 Å². The number of rotatable bonds is 28. The van der Waals surface area contributed by atoms with Crippen LogP contribution in [0.3, 0.4) is 0 Å². The summed E-state index contributed by atoms with van der Waals surface area (Å²) >= 11 is 0. The lowest BCUT2D eigenvalue weighted by molar-refractivity contribution is -0.943. The van der Waals surface area contributed by atoms with Gasteiger partial charge in [0.05, 0.1) is 19.6 Å². The molecule has 0 bridgehead atoms. The predicted octanol–water partition coefficient (Wildman–Crippen LogP) is 9.47. The molecule has 0 fully saturated rings. The molecule has 0 aromatic rings. The minimum Gasteiger partial charge on any atom is -0.373 e. The highest BCUT2D eigenvalue weighted by molar-refractivity contribution is 6.62. The largest absolute Gasteiger partial charge is 0.561 e. The highest BCUT2D eigenvalue weighted by Crippen LogP contribution is 2.31. The second-order valence-electron chi connectivity index (χ2n) is 11.2. The Morgan fingerprint density at radius 3 is 1.11 bits per heavy atom. The van der Waals surface area contributed by atoms with Gasteiger partial charge in [0.2, 0.25) is 0 Å². The van der Waals surface area contributed by atoms with Gasteiger partial charge in [-0.3, -0.25) is 0 Å². The normalized spacial score (nSPS) is 13.4. The van der Waals surface area contributed by atoms with Gasteiger partial charge >= 0.3 is 8.80 Å². The average molecular weight is 531 g/mol. The summed E-state index contributed by atoms with van der Waals surface area (Å²) < 4.78 is 19.3. The van der Waals surface area contributed by atoms with Gasteiger partial charge in [-0.05, 0) is 25.7 Å². The molecule has 0 rings (SSSR count). The molecular weight excluding hydrogens is 462 g/mol. The topological polar surface area (TPSA) is 27.7 Å². The fraction of sp³-hybridized carbons (Fsp3) is 1.00. The number of nitrogens with zero attached hydrogens (tertiary/aromatic N) is 1. The van der Waals surface area contributed by atoms with Gasteiger partial charge in [-0.15, -0.1) is 0 Å². The van der Waals surface area contributed by atoms with Crippen molar-refractivity contribution in [3.05, 3.63) is 0 Å². The van der Waals surface area contributed by atoms with Crippen LogP contribution < -0.4 is 0 Å². The van der Waals surface area contributed by atoms with Crippen LogP contribution in [0.15, 0.2) is 0 Å². The summed E-state index contributed by atoms with van der Waals surface area (Å²) in [5.74, 6) is 0. The van der Waals surface area contributed by atoms with Crippen LogP contribution in [-0.2, 0) is 13.3 Å². The van der Waals surface area contributed by atoms with Gasteiger partial charge in [0.25, 0.3) is 0 Å². The first-order valence-electron chi connectivity index (χ1n) is 16.1. The lowest BCUT2D eigenvalue weighted by Gasteiger charge is -2.49. The zero-order chi connectivity index (χ0) is 27.0. The van der Waals surface area contributed by atoms with Gasteiger partial charge in [-0.25, -0.2) is 0 Å². The Labute approximate surface area is 229 Å². The Morgan fingerprint density at radius 1 is 0.444 bits per heavy atom. The van der Waals surface area contributed by atoms with E-state index in [1.54, 1.807) is 21.3 Å². The number of unbranched alkanes of at least 4 members (excludes halogenated alkanes) is 15. The van der Waals surface area contributed by atoms with Gasteiger partial charge in [-0.2, -0.15) is 0 Å². The molecule has 0 N–H and O–H groups in total. The van der Waals surface area contributed by atoms with Crippen molar-refractivity contribution in [2.45, 2.75) is 162 Å². The molecule has 0 aliphatic carbocycles. The molecule has 0 spiro atoms. The predicted molar refractivity (Wildman–Crippen MR) is 160 cm³/mol. The van der Waals surface area contributed by atoms with E-state index in [4.69, 9.17) is 13.3 Å². The third-order valence-corrected chi connectivity index (χ3v) is 11.6. The van der Waals surface area contributed by atoms with Crippen LogP contribution in [0.2, 0.25) is 0 Å². The van der Waals surface area contributed by atoms with Crippen LogP contribution >= 0.6 is 0 Å². The van der Waals surface area contributed by atoms with E-state index < -0.39 is 8.80 Å². The Morgan fingerprint density at radius 2 is 0.806 bits per heavy atom. The van der Waals surface area contributed by atoms with E-state index in [0.717, 1.165) is 17.3 Å². The molecule has 0 aliphatic rings. The second-order valence-corrected chi connectivity index (χ2v) is 14.3. The molecule has 1 atom stereocenters. The molecule has 0 aromatic heterocycles. The molecule has 36 heavy (non-hydrogen) atoms. The van der Waals surface area contributed by atoms with E-state index in [9.17, 15) is 0 Å². The minimum atomic E-state index is -2.72. The first-order chi connectivity index (χ1) is 17.6. The summed E-state index contributed by atoms with van der Waals surface area (Å²) in [6, 6.07) is 0. The molecular formula is C31H68NO3Si+. The molecule has 4 nitrogen and oxygen atoms in total. The molecule has 0 heterocycles. The van der Waals surface area contributed by atoms with E-state index >= 15 is 0 Å². The van der Waals surface area contributed by atoms with Crippen molar-refractivity contribution in [1.29, 1.82) is 0 Å². The SMILES string of the molecule is CCCCCCCCCCCCCCCCCC[N+](CCC)(CCC)C(CCC)[Si](OC)(OC)OC. The molecule has 0 radical (unpaired) electrons. The van der Waals surface area contributed by atoms with E-state index in [-0.39, 0.29) is 0 Å². The van der Waals surface area contributed by atoms with E-state index in [1.165, 1.54) is 135 Å². The number of hydrogen-bond acceptors (Lipinski definition) is 3. The van der Waals surface area contributed by atoms with Crippen LogP contribution in [0.5, 0.6) is 0 Å². The van der Waals surface area contributed by atoms with Crippen molar-refractivity contribution in [1.82, 2.24) is 0 Å². The third-order valence-electron chi connectivity index (χ3n) is 8.28. The van der Waals surface area contributed by atoms with Crippen LogP contribution in [0.25, 0.3) is 0 Å². The maximum absolute atomic E-state index is 6.06. The molecule has 218 valence electrons. The van der Waals surface area contributed by atoms with Crippen LogP contribution in [0, 0.1) is 0 Å². The minimum absolute atomic E-state index is 0.332. The Kier molecular flexibility index (Phi) is 24.2. The molecule has 1 unspecified atom stereocenters. The lowest BCUT2D eigenvalue weighted by atomic mass is 10.0. The fourth-order valence-corrected chi connectivity index (χ4v) is 9.40. The second kappa shape index (κ2) is 24.1. The third kappa shape index (κ3) is 14.3. The van der Waals surface area contributed by atoms with Crippen LogP contribution in [0.1, 0.15) is 156 Å². The maximum Gasteiger partial charge on any atom is 0.561 e. The van der Waals surface area contributed by atoms with Gasteiger partial charge in [0.15, 0.2) is 5.67 Å². The quantitative estimate of drug-likeness (QED) is 0.0572. The Balaban J connectivity index is 4.40. The summed E-state index contributed by atoms with van der Waals surface area (Å²) in [5, 5.41) is 0. The molecule has 0 aromatic carbocycles. The zero-order valence-corrected chi connectivity index (χ0v) is 27.0. The van der Waals surface area contributed by atoms with E-state index in [1.807, 2.05) is 0 Å². The summed E-state index contributed by atoms with van der Waals surface area (Å²) in [6.45, 7) is 12.9. The molecule has 0 amide bonds. The number of hydrogen-bond donors (Lipinski definition) is 0. The van der Waals surface area contributed by atoms with Gasteiger partial charge in [0.1, 0.15) is 0 Å². The van der Waals surface area contributed by atoms with Gasteiger partial charge in [0, 0.05) is 27.8 Å². The highest BCUT2D eigenvalue weighted by atomic mass is 28.4. The summed E-state index contributed by atoms with van der Waals surface area (Å²) in [7, 11) is 2.67. The first kappa shape index (κ1) is 36.1. The molecule has 0 saturated carbocycles. The molecule has 0 saturated heterocycles. The average Bonchev–Trinajstić information content (AvgIpc) is 2.89. The lowest BCUT2D eigenvalue weighted by Crippen LogP contribution is -2.70. The maximum atomic E-state index is 6.06. The van der Waals surface area contributed by atoms with Crippen molar-refractivity contribution >= 4 is 8.80 Å². The number of quaternary nitrogens is 1. The van der Waals surface area contributed by atoms with Crippen LogP contribution in [-0.4, -0.2) is 59.9 Å². The standard InChI is InChI=1S/C31H68NO3Si/c1-8-12-13-14-15-16-17-18-19-20-21-22-23-24-25-26-30-32(28-10-3,29-11-4)31(27-9-2)36(33-5,34-6)35-7/h31H,8-30H2,1-7H3/q+1. The van der Waals surface area contributed by atoms with Crippen LogP contribution in [0.4, 0.5) is 0 Å². The molecule has 0 aliphatic heterocycles. The smallest absolute Gasteiger partial charge is 0.373 e. The summed E-state index contributed by atoms with van der Waals surface area (Å²) in [4.78, 5) is 0. The van der Waals surface area contributed by atoms with Crippen molar-refractivity contribution in [3.8, 4) is 0 Å². The summed E-state index contributed by atoms with van der Waals surface area (Å²) in [5.41, 5.74) is 0.332. The monoisotopic (exact) mass is 530 g/mol. The molecule has 5 heteroatoms. The highest BCUT2D eigenvalue weighted by Gasteiger charge is 2.57. The first-order valence-corrected chi connectivity index (χ1v) is 17.9. The summed E-state index contributed by atoms with van der Waals surface area (Å²) in [6.07, 6.45) is 27.4. The van der Waals surface area contributed by atoms with E-state index in [0.29, 0.717) is 5.67 Å². The Bertz CT molecular complexity index is 445. The van der Waals surface area contributed by atoms with E-state index in [2.05, 4.69) is 27.7 Å². The zero-order valence-electron chi connectivity index (χ0n) is 26.0.